The summed E-state index contributed by atoms with van der Waals surface area (Å²) in [4.78, 5) is 1.56. The molecule has 0 bridgehead atoms. The molecule has 1 fully saturated rings. The molecule has 2 heterocycles. The monoisotopic (exact) mass is 509 g/mol. The third kappa shape index (κ3) is 5.39. The van der Waals surface area contributed by atoms with E-state index in [0.717, 1.165) is 21.1 Å². The molecule has 0 aliphatic carbocycles. The molecule has 2 aromatic carbocycles. The van der Waals surface area contributed by atoms with E-state index in [4.69, 9.17) is 16.7 Å². The number of alkyl halides is 2. The Morgan fingerprint density at radius 1 is 1.09 bits per heavy atom. The fourth-order valence-electron chi connectivity index (χ4n) is 4.02. The van der Waals surface area contributed by atoms with Crippen LogP contribution in [0.15, 0.2) is 64.1 Å². The Bertz CT molecular complexity index is 1180. The van der Waals surface area contributed by atoms with Crippen LogP contribution in [0, 0.1) is 0 Å². The molecule has 0 amide bonds. The zero-order chi connectivity index (χ0) is 24.5. The number of hydrogen-bond donors (Lipinski definition) is 0. The molecule has 4 rings (SSSR count). The summed E-state index contributed by atoms with van der Waals surface area (Å²) in [6, 6.07) is 17.1. The summed E-state index contributed by atoms with van der Waals surface area (Å²) >= 11 is 6.06. The van der Waals surface area contributed by atoms with Crippen molar-refractivity contribution >= 4 is 33.5 Å². The molecule has 2 aliphatic heterocycles. The van der Waals surface area contributed by atoms with Crippen LogP contribution in [-0.2, 0) is 10.2 Å². The lowest BCUT2D eigenvalue weighted by atomic mass is 9.91. The predicted octanol–water partition coefficient (Wildman–Crippen LogP) is 4.04. The number of halogens is 3. The number of nitrogens with zero attached hydrogens (tertiary/aromatic N) is 5. The molecule has 182 valence electrons. The molecule has 2 aromatic rings. The van der Waals surface area contributed by atoms with E-state index in [2.05, 4.69) is 4.40 Å². The summed E-state index contributed by atoms with van der Waals surface area (Å²) in [5, 5.41) is 6.91. The van der Waals surface area contributed by atoms with Crippen LogP contribution < -0.4 is 0 Å². The highest BCUT2D eigenvalue weighted by molar-refractivity contribution is 7.87. The van der Waals surface area contributed by atoms with Gasteiger partial charge in [0, 0.05) is 51.0 Å². The first-order valence-electron chi connectivity index (χ1n) is 10.9. The molecular weight excluding hydrogens is 484 g/mol. The van der Waals surface area contributed by atoms with Crippen LogP contribution in [0.4, 0.5) is 8.78 Å². The van der Waals surface area contributed by atoms with Gasteiger partial charge in [0.15, 0.2) is 0 Å². The van der Waals surface area contributed by atoms with E-state index in [1.165, 1.54) is 0 Å². The number of piperidine rings is 1. The highest BCUT2D eigenvalue weighted by Gasteiger charge is 2.39. The molecule has 0 N–H and O–H groups in total. The van der Waals surface area contributed by atoms with Gasteiger partial charge in [-0.25, -0.2) is 13.8 Å². The highest BCUT2D eigenvalue weighted by atomic mass is 35.5. The van der Waals surface area contributed by atoms with Crippen LogP contribution in [0.5, 0.6) is 0 Å². The first-order valence-corrected chi connectivity index (χ1v) is 12.7. The lowest BCUT2D eigenvalue weighted by molar-refractivity contribution is -0.0411. The molecule has 2 aliphatic rings. The van der Waals surface area contributed by atoms with Gasteiger partial charge in [-0.1, -0.05) is 54.1 Å². The number of hydrazone groups is 1. The van der Waals surface area contributed by atoms with Crippen LogP contribution >= 0.6 is 11.6 Å². The predicted molar refractivity (Wildman–Crippen MR) is 130 cm³/mol. The van der Waals surface area contributed by atoms with Crippen LogP contribution in [0.3, 0.4) is 0 Å². The van der Waals surface area contributed by atoms with E-state index in [9.17, 15) is 17.2 Å². The Kier molecular flexibility index (Phi) is 6.93. The van der Waals surface area contributed by atoms with Crippen molar-refractivity contribution in [2.24, 2.45) is 9.50 Å². The topological polar surface area (TPSA) is 68.6 Å². The fraction of sp³-hybridized carbons (Fsp3) is 0.391. The van der Waals surface area contributed by atoms with E-state index >= 15 is 0 Å². The van der Waals surface area contributed by atoms with Gasteiger partial charge in [-0.2, -0.15) is 17.8 Å². The van der Waals surface area contributed by atoms with Gasteiger partial charge in [0.05, 0.1) is 12.3 Å². The van der Waals surface area contributed by atoms with Crippen molar-refractivity contribution in [3.05, 3.63) is 70.7 Å². The fourth-order valence-corrected chi connectivity index (χ4v) is 5.37. The van der Waals surface area contributed by atoms with Gasteiger partial charge in [0.25, 0.3) is 5.92 Å². The normalized spacial score (nSPS) is 21.4. The highest BCUT2D eigenvalue weighted by Crippen LogP contribution is 2.31. The first kappa shape index (κ1) is 24.6. The van der Waals surface area contributed by atoms with E-state index in [-0.39, 0.29) is 25.0 Å². The Morgan fingerprint density at radius 2 is 1.71 bits per heavy atom. The van der Waals surface area contributed by atoms with Crippen molar-refractivity contribution < 1.29 is 17.2 Å². The SMILES string of the molecule is CN(C)/C(=N\S(=O)(=O)N1CCC(F)(F)CC1)N1CC(c2ccccc2)C(c2ccc(Cl)cc2)=N1. The average Bonchev–Trinajstić information content (AvgIpc) is 3.23. The molecule has 7 nitrogen and oxygen atoms in total. The summed E-state index contributed by atoms with van der Waals surface area (Å²) < 4.78 is 58.1. The molecule has 0 aromatic heterocycles. The third-order valence-electron chi connectivity index (χ3n) is 5.86. The van der Waals surface area contributed by atoms with Gasteiger partial charge in [-0.05, 0) is 23.3 Å². The third-order valence-corrected chi connectivity index (χ3v) is 7.53. The Balaban J connectivity index is 1.69. The van der Waals surface area contributed by atoms with Gasteiger partial charge in [0.2, 0.25) is 5.96 Å². The standard InChI is InChI=1S/C23H26ClF2N5O2S/c1-29(2)22(28-34(32,33)30-14-12-23(25,26)13-15-30)31-16-20(17-6-4-3-5-7-17)21(27-31)18-8-10-19(24)11-9-18/h3-11,20H,12-16H2,1-2H3/b28-22+. The molecule has 1 unspecified atom stereocenters. The number of guanidine groups is 1. The van der Waals surface area contributed by atoms with Gasteiger partial charge in [-0.15, -0.1) is 4.40 Å². The quantitative estimate of drug-likeness (QED) is 0.461. The van der Waals surface area contributed by atoms with Crippen LogP contribution in [0.2, 0.25) is 5.02 Å². The van der Waals surface area contributed by atoms with E-state index < -0.39 is 29.0 Å². The van der Waals surface area contributed by atoms with E-state index in [1.54, 1.807) is 36.1 Å². The van der Waals surface area contributed by atoms with Crippen molar-refractivity contribution in [2.45, 2.75) is 24.7 Å². The first-order chi connectivity index (χ1) is 16.1. The van der Waals surface area contributed by atoms with Crippen molar-refractivity contribution in [1.29, 1.82) is 0 Å². The lowest BCUT2D eigenvalue weighted by Gasteiger charge is -2.30. The number of rotatable bonds is 4. The minimum Gasteiger partial charge on any atom is -0.347 e. The number of benzene rings is 2. The van der Waals surface area contributed by atoms with Crippen LogP contribution in [0.1, 0.15) is 29.9 Å². The maximum Gasteiger partial charge on any atom is 0.325 e. The van der Waals surface area contributed by atoms with Crippen molar-refractivity contribution in [3.63, 3.8) is 0 Å². The summed E-state index contributed by atoms with van der Waals surface area (Å²) in [5.41, 5.74) is 2.64. The maximum atomic E-state index is 13.5. The Morgan fingerprint density at radius 3 is 2.29 bits per heavy atom. The van der Waals surface area contributed by atoms with Crippen LogP contribution in [-0.4, -0.2) is 74.0 Å². The minimum atomic E-state index is -4.17. The summed E-state index contributed by atoms with van der Waals surface area (Å²) in [6.07, 6.45) is -1.03. The average molecular weight is 510 g/mol. The largest absolute Gasteiger partial charge is 0.347 e. The van der Waals surface area contributed by atoms with Gasteiger partial charge in [-0.3, -0.25) is 0 Å². The number of hydrogen-bond acceptors (Lipinski definition) is 3. The second-order valence-electron chi connectivity index (χ2n) is 8.56. The summed E-state index contributed by atoms with van der Waals surface area (Å²) in [7, 11) is -0.822. The van der Waals surface area contributed by atoms with E-state index in [0.29, 0.717) is 11.6 Å². The molecule has 1 atom stereocenters. The molecule has 1 saturated heterocycles. The Hall–Kier alpha value is -2.56. The van der Waals surface area contributed by atoms with Gasteiger partial charge >= 0.3 is 10.2 Å². The second kappa shape index (κ2) is 9.59. The molecule has 11 heteroatoms. The Labute approximate surface area is 203 Å². The molecule has 0 spiro atoms. The van der Waals surface area contributed by atoms with Crippen molar-refractivity contribution in [3.8, 4) is 0 Å². The summed E-state index contributed by atoms with van der Waals surface area (Å²) in [5.74, 6) is -2.87. The molecular formula is C23H26ClF2N5O2S. The van der Waals surface area contributed by atoms with Crippen molar-refractivity contribution in [2.75, 3.05) is 33.7 Å². The minimum absolute atomic E-state index is 0.113. The van der Waals surface area contributed by atoms with E-state index in [1.807, 2.05) is 42.5 Å². The zero-order valence-electron chi connectivity index (χ0n) is 18.9. The molecule has 34 heavy (non-hydrogen) atoms. The maximum absolute atomic E-state index is 13.5. The van der Waals surface area contributed by atoms with Crippen molar-refractivity contribution in [1.82, 2.24) is 14.2 Å². The smallest absolute Gasteiger partial charge is 0.325 e. The zero-order valence-corrected chi connectivity index (χ0v) is 20.5. The van der Waals surface area contributed by atoms with Crippen LogP contribution in [0.25, 0.3) is 0 Å². The van der Waals surface area contributed by atoms with Gasteiger partial charge in [0.1, 0.15) is 0 Å². The van der Waals surface area contributed by atoms with Gasteiger partial charge < -0.3 is 4.90 Å². The molecule has 0 radical (unpaired) electrons. The summed E-state index contributed by atoms with van der Waals surface area (Å²) in [6.45, 7) is -0.177. The lowest BCUT2D eigenvalue weighted by Crippen LogP contribution is -2.44. The second-order valence-corrected chi connectivity index (χ2v) is 10.6. The molecule has 0 saturated carbocycles.